The summed E-state index contributed by atoms with van der Waals surface area (Å²) in [6, 6.07) is 7.66. The number of benzene rings is 1. The van der Waals surface area contributed by atoms with Gasteiger partial charge < -0.3 is 14.6 Å². The SMILES string of the molecule is CCCc1cc2c(cc1N1CCN(C3COC3)CC1)C(C)(C)c1[nH]c3c(c1C2)C(=O)CC(C#N)=C3. The van der Waals surface area contributed by atoms with Crippen LogP contribution in [0.1, 0.15) is 77.6 Å². The number of nitriles is 1. The number of hydrogen-bond acceptors (Lipinski definition) is 5. The summed E-state index contributed by atoms with van der Waals surface area (Å²) in [7, 11) is 0. The van der Waals surface area contributed by atoms with Gasteiger partial charge in [-0.05, 0) is 40.8 Å². The number of allylic oxidation sites excluding steroid dienone is 1. The fraction of sp³-hybridized carbons (Fsp3) is 0.517. The molecule has 1 N–H and O–H groups in total. The van der Waals surface area contributed by atoms with Crippen LogP contribution >= 0.6 is 0 Å². The number of nitrogens with zero attached hydrogens (tertiary/aromatic N) is 3. The van der Waals surface area contributed by atoms with E-state index in [9.17, 15) is 10.1 Å². The summed E-state index contributed by atoms with van der Waals surface area (Å²) in [5, 5.41) is 9.38. The minimum absolute atomic E-state index is 0.0657. The molecule has 2 aliphatic heterocycles. The molecule has 2 saturated heterocycles. The van der Waals surface area contributed by atoms with Crippen LogP contribution < -0.4 is 4.90 Å². The normalized spacial score (nSPS) is 21.5. The number of Topliss-reactive ketones (excluding diaryl/α,β-unsaturated/α-hetero) is 1. The van der Waals surface area contributed by atoms with Gasteiger partial charge in [0, 0.05) is 67.0 Å². The Balaban J connectivity index is 1.38. The van der Waals surface area contributed by atoms with Crippen molar-refractivity contribution in [3.8, 4) is 6.07 Å². The largest absolute Gasteiger partial charge is 0.378 e. The average Bonchev–Trinajstić information content (AvgIpc) is 3.18. The van der Waals surface area contributed by atoms with Crippen molar-refractivity contribution in [1.82, 2.24) is 9.88 Å². The number of fused-ring (bicyclic) bond motifs is 4. The Morgan fingerprint density at radius 2 is 1.94 bits per heavy atom. The maximum Gasteiger partial charge on any atom is 0.170 e. The van der Waals surface area contributed by atoms with E-state index < -0.39 is 0 Å². The Kier molecular flexibility index (Phi) is 5.39. The predicted octanol–water partition coefficient (Wildman–Crippen LogP) is 4.21. The standard InChI is InChI=1S/C29H34N4O2/c1-4-5-19-12-20-13-22-27-24(10-18(15-30)11-26(27)34)31-28(22)29(2,3)23(20)14-25(19)33-8-6-32(7-9-33)21-16-35-17-21/h10,12,14,21,31H,4-9,11,13,16-17H2,1-3H3. The topological polar surface area (TPSA) is 72.4 Å². The van der Waals surface area contributed by atoms with Crippen molar-refractivity contribution in [2.45, 2.75) is 57.9 Å². The molecule has 2 aromatic rings. The number of hydrogen-bond donors (Lipinski definition) is 1. The summed E-state index contributed by atoms with van der Waals surface area (Å²) in [5.74, 6) is 0.0657. The highest BCUT2D eigenvalue weighted by Gasteiger charge is 2.39. The molecule has 6 nitrogen and oxygen atoms in total. The van der Waals surface area contributed by atoms with Crippen molar-refractivity contribution >= 4 is 17.5 Å². The molecule has 3 heterocycles. The molecule has 0 amide bonds. The molecule has 0 atom stereocenters. The van der Waals surface area contributed by atoms with Crippen LogP contribution in [0.3, 0.4) is 0 Å². The van der Waals surface area contributed by atoms with Gasteiger partial charge in [0.1, 0.15) is 0 Å². The summed E-state index contributed by atoms with van der Waals surface area (Å²) in [4.78, 5) is 21.7. The lowest BCUT2D eigenvalue weighted by atomic mass is 9.70. The van der Waals surface area contributed by atoms with Crippen LogP contribution in [0.5, 0.6) is 0 Å². The lowest BCUT2D eigenvalue weighted by molar-refractivity contribution is -0.0660. The first kappa shape index (κ1) is 22.6. The van der Waals surface area contributed by atoms with E-state index in [1.807, 2.05) is 6.08 Å². The van der Waals surface area contributed by atoms with Crippen molar-refractivity contribution in [2.75, 3.05) is 44.3 Å². The molecule has 0 spiro atoms. The molecule has 0 saturated carbocycles. The van der Waals surface area contributed by atoms with Gasteiger partial charge in [-0.1, -0.05) is 33.3 Å². The van der Waals surface area contributed by atoms with Crippen LogP contribution in [0.15, 0.2) is 17.7 Å². The summed E-state index contributed by atoms with van der Waals surface area (Å²) in [6.45, 7) is 12.8. The van der Waals surface area contributed by atoms with Gasteiger partial charge in [0.2, 0.25) is 0 Å². The van der Waals surface area contributed by atoms with Gasteiger partial charge in [0.15, 0.2) is 5.78 Å². The molecular formula is C29H34N4O2. The fourth-order valence-corrected chi connectivity index (χ4v) is 6.52. The maximum atomic E-state index is 13.0. The Morgan fingerprint density at radius 3 is 2.60 bits per heavy atom. The van der Waals surface area contributed by atoms with Crippen LogP contribution in [0, 0.1) is 11.3 Å². The Labute approximate surface area is 207 Å². The molecule has 0 unspecified atom stereocenters. The van der Waals surface area contributed by atoms with Gasteiger partial charge >= 0.3 is 0 Å². The number of nitrogens with one attached hydrogen (secondary N) is 1. The van der Waals surface area contributed by atoms with E-state index in [0.29, 0.717) is 11.6 Å². The number of aryl methyl sites for hydroxylation is 1. The number of carbonyl (C=O) groups is 1. The number of carbonyl (C=O) groups excluding carboxylic acids is 1. The third kappa shape index (κ3) is 3.56. The van der Waals surface area contributed by atoms with Crippen LogP contribution in [-0.2, 0) is 23.0 Å². The van der Waals surface area contributed by atoms with Gasteiger partial charge in [-0.25, -0.2) is 0 Å². The molecule has 0 radical (unpaired) electrons. The molecule has 0 bridgehead atoms. The third-order valence-electron chi connectivity index (χ3n) is 8.51. The van der Waals surface area contributed by atoms with E-state index in [1.165, 1.54) is 22.4 Å². The highest BCUT2D eigenvalue weighted by Crippen LogP contribution is 2.46. The first-order valence-corrected chi connectivity index (χ1v) is 13.0. The van der Waals surface area contributed by atoms with Gasteiger partial charge in [-0.2, -0.15) is 5.26 Å². The minimum atomic E-state index is -0.244. The second-order valence-corrected chi connectivity index (χ2v) is 11.1. The molecule has 6 heteroatoms. The number of rotatable bonds is 4. The smallest absolute Gasteiger partial charge is 0.170 e. The molecule has 2 aliphatic carbocycles. The minimum Gasteiger partial charge on any atom is -0.378 e. The van der Waals surface area contributed by atoms with E-state index in [2.05, 4.69) is 53.8 Å². The van der Waals surface area contributed by atoms with Crippen molar-refractivity contribution in [3.05, 3.63) is 56.9 Å². The van der Waals surface area contributed by atoms with E-state index >= 15 is 0 Å². The zero-order valence-electron chi connectivity index (χ0n) is 21.0. The van der Waals surface area contributed by atoms with Gasteiger partial charge in [0.05, 0.1) is 31.0 Å². The van der Waals surface area contributed by atoms with Crippen molar-refractivity contribution in [3.63, 3.8) is 0 Å². The van der Waals surface area contributed by atoms with Crippen molar-refractivity contribution in [1.29, 1.82) is 5.26 Å². The monoisotopic (exact) mass is 470 g/mol. The predicted molar refractivity (Wildman–Crippen MR) is 137 cm³/mol. The van der Waals surface area contributed by atoms with Crippen LogP contribution in [-0.4, -0.2) is 61.1 Å². The number of aromatic nitrogens is 1. The van der Waals surface area contributed by atoms with Crippen LogP contribution in [0.25, 0.3) is 6.08 Å². The molecule has 182 valence electrons. The second kappa shape index (κ2) is 8.36. The first-order chi connectivity index (χ1) is 16.9. The van der Waals surface area contributed by atoms with Crippen molar-refractivity contribution in [2.24, 2.45) is 0 Å². The van der Waals surface area contributed by atoms with E-state index in [4.69, 9.17) is 4.74 Å². The third-order valence-corrected chi connectivity index (χ3v) is 8.51. The number of aromatic amines is 1. The van der Waals surface area contributed by atoms with Crippen molar-refractivity contribution < 1.29 is 9.53 Å². The molecule has 1 aromatic heterocycles. The Bertz CT molecular complexity index is 1270. The van der Waals surface area contributed by atoms with E-state index in [-0.39, 0.29) is 17.6 Å². The molecule has 4 aliphatic rings. The summed E-state index contributed by atoms with van der Waals surface area (Å²) in [6.07, 6.45) is 5.02. The molecule has 6 rings (SSSR count). The highest BCUT2D eigenvalue weighted by atomic mass is 16.5. The lowest BCUT2D eigenvalue weighted by Gasteiger charge is -2.44. The highest BCUT2D eigenvalue weighted by molar-refractivity contribution is 6.06. The maximum absolute atomic E-state index is 13.0. The average molecular weight is 471 g/mol. The number of ketones is 1. The molecule has 2 fully saturated rings. The Morgan fingerprint density at radius 1 is 1.17 bits per heavy atom. The van der Waals surface area contributed by atoms with Gasteiger partial charge in [-0.3, -0.25) is 9.69 Å². The Hall–Kier alpha value is -2.88. The fourth-order valence-electron chi connectivity index (χ4n) is 6.52. The van der Waals surface area contributed by atoms with Gasteiger partial charge in [0.25, 0.3) is 0 Å². The summed E-state index contributed by atoms with van der Waals surface area (Å²) < 4.78 is 5.41. The molecular weight excluding hydrogens is 436 g/mol. The van der Waals surface area contributed by atoms with Crippen LogP contribution in [0.2, 0.25) is 0 Å². The second-order valence-electron chi connectivity index (χ2n) is 11.1. The number of ether oxygens (including phenoxy) is 1. The lowest BCUT2D eigenvalue weighted by Crippen LogP contribution is -2.56. The zero-order valence-corrected chi connectivity index (χ0v) is 21.0. The van der Waals surface area contributed by atoms with E-state index in [1.54, 1.807) is 0 Å². The number of anilines is 1. The van der Waals surface area contributed by atoms with E-state index in [0.717, 1.165) is 81.2 Å². The first-order valence-electron chi connectivity index (χ1n) is 13.0. The summed E-state index contributed by atoms with van der Waals surface area (Å²) in [5.41, 5.74) is 9.66. The number of H-pyrrole nitrogens is 1. The zero-order chi connectivity index (χ0) is 24.3. The molecule has 1 aromatic carbocycles. The van der Waals surface area contributed by atoms with Gasteiger partial charge in [-0.15, -0.1) is 0 Å². The van der Waals surface area contributed by atoms with Crippen LogP contribution in [0.4, 0.5) is 5.69 Å². The molecule has 35 heavy (non-hydrogen) atoms. The summed E-state index contributed by atoms with van der Waals surface area (Å²) >= 11 is 0. The quantitative estimate of drug-likeness (QED) is 0.725. The number of piperazine rings is 1.